The topological polar surface area (TPSA) is 93.1 Å². The van der Waals surface area contributed by atoms with Crippen molar-refractivity contribution in [1.82, 2.24) is 4.90 Å². The minimum absolute atomic E-state index is 0.226. The molecular formula is C21H17I2NO6S. The number of carboxylic acid groups (broad SMARTS) is 1. The number of carboxylic acids is 1. The molecule has 0 atom stereocenters. The molecule has 0 bridgehead atoms. The number of nitrogens with zero attached hydrogens (tertiary/aromatic N) is 1. The Kier molecular flexibility index (Phi) is 8.36. The van der Waals surface area contributed by atoms with Gasteiger partial charge in [0.05, 0.1) is 30.8 Å². The second kappa shape index (κ2) is 10.8. The Morgan fingerprint density at radius 2 is 1.81 bits per heavy atom. The quantitative estimate of drug-likeness (QED) is 0.319. The van der Waals surface area contributed by atoms with Crippen LogP contribution in [-0.4, -0.2) is 47.4 Å². The Labute approximate surface area is 210 Å². The number of methoxy groups -OCH3 is 1. The second-order valence-electron chi connectivity index (χ2n) is 6.43. The average Bonchev–Trinajstić information content (AvgIpc) is 2.98. The summed E-state index contributed by atoms with van der Waals surface area (Å²) in [4.78, 5) is 37.1. The van der Waals surface area contributed by atoms with Gasteiger partial charge in [-0.05, 0) is 98.4 Å². The minimum atomic E-state index is -0.969. The first-order valence-corrected chi connectivity index (χ1v) is 12.0. The van der Waals surface area contributed by atoms with E-state index >= 15 is 0 Å². The Hall–Kier alpha value is -1.64. The predicted molar refractivity (Wildman–Crippen MR) is 134 cm³/mol. The lowest BCUT2D eigenvalue weighted by Crippen LogP contribution is -2.31. The van der Waals surface area contributed by atoms with Crippen LogP contribution in [0.1, 0.15) is 21.5 Å². The van der Waals surface area contributed by atoms with Gasteiger partial charge in [-0.2, -0.15) is 0 Å². The first-order chi connectivity index (χ1) is 14.8. The van der Waals surface area contributed by atoms with E-state index in [0.29, 0.717) is 23.9 Å². The molecule has 162 valence electrons. The highest BCUT2D eigenvalue weighted by molar-refractivity contribution is 14.1. The van der Waals surface area contributed by atoms with E-state index in [9.17, 15) is 14.4 Å². The van der Waals surface area contributed by atoms with Crippen molar-refractivity contribution in [3.63, 3.8) is 0 Å². The fraction of sp³-hybridized carbons (Fsp3) is 0.190. The summed E-state index contributed by atoms with van der Waals surface area (Å²) in [5.74, 6) is -0.584. The lowest BCUT2D eigenvalue weighted by atomic mass is 10.1. The summed E-state index contributed by atoms with van der Waals surface area (Å²) in [5.41, 5.74) is 1.87. The first-order valence-electron chi connectivity index (χ1n) is 8.98. The molecule has 0 unspecified atom stereocenters. The highest BCUT2D eigenvalue weighted by Crippen LogP contribution is 2.35. The van der Waals surface area contributed by atoms with Crippen molar-refractivity contribution in [3.8, 4) is 5.75 Å². The zero-order valence-electron chi connectivity index (χ0n) is 16.3. The SMILES string of the molecule is COCCN1C(=O)S/C(=C/c2cc(I)c(OCc3ccc(C(=O)O)cc3)c(I)c2)C1=O. The Balaban J connectivity index is 1.73. The van der Waals surface area contributed by atoms with E-state index in [-0.39, 0.29) is 23.3 Å². The number of hydrogen-bond acceptors (Lipinski definition) is 6. The van der Waals surface area contributed by atoms with E-state index in [1.165, 1.54) is 12.0 Å². The molecule has 1 aliphatic heterocycles. The second-order valence-corrected chi connectivity index (χ2v) is 9.75. The number of benzene rings is 2. The molecule has 1 N–H and O–H groups in total. The van der Waals surface area contributed by atoms with Crippen LogP contribution >= 0.6 is 56.9 Å². The van der Waals surface area contributed by atoms with Crippen molar-refractivity contribution in [1.29, 1.82) is 0 Å². The van der Waals surface area contributed by atoms with Crippen molar-refractivity contribution < 1.29 is 29.0 Å². The van der Waals surface area contributed by atoms with Crippen LogP contribution in [0, 0.1) is 7.14 Å². The number of thioether (sulfide) groups is 1. The normalized spacial score (nSPS) is 15.1. The maximum atomic E-state index is 12.5. The Bertz CT molecular complexity index is 1030. The van der Waals surface area contributed by atoms with Gasteiger partial charge in [-0.3, -0.25) is 14.5 Å². The van der Waals surface area contributed by atoms with Crippen molar-refractivity contribution in [2.75, 3.05) is 20.3 Å². The van der Waals surface area contributed by atoms with Crippen LogP contribution in [0.3, 0.4) is 0 Å². The molecule has 31 heavy (non-hydrogen) atoms. The molecule has 3 rings (SSSR count). The number of carbonyl (C=O) groups is 3. The number of amides is 2. The molecular weight excluding hydrogens is 648 g/mol. The van der Waals surface area contributed by atoms with Gasteiger partial charge in [-0.15, -0.1) is 0 Å². The molecule has 2 aromatic rings. The molecule has 1 aliphatic rings. The van der Waals surface area contributed by atoms with Crippen LogP contribution in [-0.2, 0) is 16.1 Å². The third-order valence-corrected chi connectivity index (χ3v) is 6.81. The van der Waals surface area contributed by atoms with Gasteiger partial charge in [0.15, 0.2) is 0 Å². The summed E-state index contributed by atoms with van der Waals surface area (Å²) < 4.78 is 12.6. The van der Waals surface area contributed by atoms with Gasteiger partial charge in [0.1, 0.15) is 12.4 Å². The lowest BCUT2D eigenvalue weighted by molar-refractivity contribution is -0.123. The molecule has 1 heterocycles. The van der Waals surface area contributed by atoms with Gasteiger partial charge < -0.3 is 14.6 Å². The summed E-state index contributed by atoms with van der Waals surface area (Å²) in [5, 5.41) is 8.68. The minimum Gasteiger partial charge on any atom is -0.487 e. The smallest absolute Gasteiger partial charge is 0.335 e. The standard InChI is InChI=1S/C21H17I2NO6S/c1-29-7-6-24-19(25)17(31-21(24)28)10-13-8-15(22)18(16(23)9-13)30-11-12-2-4-14(5-3-12)20(26)27/h2-5,8-10H,6-7,11H2,1H3,(H,26,27)/b17-10+. The molecule has 7 nitrogen and oxygen atoms in total. The third kappa shape index (κ3) is 5.99. The van der Waals surface area contributed by atoms with Crippen LogP contribution in [0.2, 0.25) is 0 Å². The molecule has 0 radical (unpaired) electrons. The molecule has 0 aromatic heterocycles. The molecule has 0 aliphatic carbocycles. The van der Waals surface area contributed by atoms with Crippen molar-refractivity contribution in [3.05, 3.63) is 65.1 Å². The lowest BCUT2D eigenvalue weighted by Gasteiger charge is -2.12. The summed E-state index contributed by atoms with van der Waals surface area (Å²) in [6.45, 7) is 0.823. The molecule has 2 aromatic carbocycles. The first kappa shape index (κ1) is 24.0. The average molecular weight is 665 g/mol. The third-order valence-electron chi connectivity index (χ3n) is 4.30. The van der Waals surface area contributed by atoms with Crippen molar-refractivity contribution in [2.45, 2.75) is 6.61 Å². The van der Waals surface area contributed by atoms with E-state index in [1.807, 2.05) is 12.1 Å². The highest BCUT2D eigenvalue weighted by atomic mass is 127. The van der Waals surface area contributed by atoms with E-state index in [1.54, 1.807) is 30.3 Å². The van der Waals surface area contributed by atoms with Crippen LogP contribution in [0.25, 0.3) is 6.08 Å². The number of halogens is 2. The van der Waals surface area contributed by atoms with Gasteiger partial charge in [0.2, 0.25) is 0 Å². The largest absolute Gasteiger partial charge is 0.487 e. The monoisotopic (exact) mass is 665 g/mol. The van der Waals surface area contributed by atoms with Crippen LogP contribution in [0.4, 0.5) is 4.79 Å². The summed E-state index contributed by atoms with van der Waals surface area (Å²) >= 11 is 5.25. The number of imide groups is 1. The highest BCUT2D eigenvalue weighted by Gasteiger charge is 2.34. The molecule has 0 saturated carbocycles. The maximum Gasteiger partial charge on any atom is 0.335 e. The van der Waals surface area contributed by atoms with Crippen molar-refractivity contribution >= 4 is 80.1 Å². The van der Waals surface area contributed by atoms with E-state index in [2.05, 4.69) is 45.2 Å². The van der Waals surface area contributed by atoms with E-state index < -0.39 is 5.97 Å². The van der Waals surface area contributed by atoms with Crippen LogP contribution in [0.15, 0.2) is 41.3 Å². The van der Waals surface area contributed by atoms with Crippen LogP contribution in [0.5, 0.6) is 5.75 Å². The number of hydrogen-bond donors (Lipinski definition) is 1. The number of rotatable bonds is 8. The summed E-state index contributed by atoms with van der Waals surface area (Å²) in [6, 6.07) is 10.3. The zero-order valence-corrected chi connectivity index (χ0v) is 21.4. The summed E-state index contributed by atoms with van der Waals surface area (Å²) in [6.07, 6.45) is 1.70. The van der Waals surface area contributed by atoms with Gasteiger partial charge in [-0.25, -0.2) is 4.79 Å². The summed E-state index contributed by atoms with van der Waals surface area (Å²) in [7, 11) is 1.52. The molecule has 2 amide bonds. The van der Waals surface area contributed by atoms with Crippen molar-refractivity contribution in [2.24, 2.45) is 0 Å². The molecule has 1 saturated heterocycles. The number of carbonyl (C=O) groups excluding carboxylic acids is 2. The molecule has 1 fully saturated rings. The Morgan fingerprint density at radius 1 is 1.16 bits per heavy atom. The zero-order chi connectivity index (χ0) is 22.5. The van der Waals surface area contributed by atoms with Gasteiger partial charge >= 0.3 is 5.97 Å². The van der Waals surface area contributed by atoms with E-state index in [0.717, 1.165) is 30.0 Å². The van der Waals surface area contributed by atoms with E-state index in [4.69, 9.17) is 14.6 Å². The van der Waals surface area contributed by atoms with Gasteiger partial charge in [-0.1, -0.05) is 12.1 Å². The number of aromatic carboxylic acids is 1. The van der Waals surface area contributed by atoms with Crippen LogP contribution < -0.4 is 4.74 Å². The molecule has 0 spiro atoms. The van der Waals surface area contributed by atoms with Gasteiger partial charge in [0, 0.05) is 7.11 Å². The Morgan fingerprint density at radius 3 is 2.39 bits per heavy atom. The molecule has 10 heteroatoms. The fourth-order valence-corrected chi connectivity index (χ4v) is 5.72. The van der Waals surface area contributed by atoms with Gasteiger partial charge in [0.25, 0.3) is 11.1 Å². The predicted octanol–water partition coefficient (Wildman–Crippen LogP) is 4.86. The number of ether oxygens (including phenoxy) is 2. The fourth-order valence-electron chi connectivity index (χ4n) is 2.73. The maximum absolute atomic E-state index is 12.5.